The zero-order valence-corrected chi connectivity index (χ0v) is 13.3. The molecule has 0 aliphatic heterocycles. The second-order valence-corrected chi connectivity index (χ2v) is 5.43. The second-order valence-electron chi connectivity index (χ2n) is 5.43. The fraction of sp³-hybridized carbons (Fsp3) is 0.294. The van der Waals surface area contributed by atoms with Crippen molar-refractivity contribution in [2.75, 3.05) is 0 Å². The predicted molar refractivity (Wildman–Crippen MR) is 89.6 cm³/mol. The Balaban J connectivity index is 2.13. The van der Waals surface area contributed by atoms with Crippen LogP contribution in [0.5, 0.6) is 0 Å². The van der Waals surface area contributed by atoms with Crippen LogP contribution in [0.3, 0.4) is 0 Å². The van der Waals surface area contributed by atoms with Gasteiger partial charge in [-0.25, -0.2) is 0 Å². The molecule has 24 heavy (non-hydrogen) atoms. The van der Waals surface area contributed by atoms with E-state index in [1.807, 2.05) is 37.3 Å². The summed E-state index contributed by atoms with van der Waals surface area (Å²) in [5.41, 5.74) is 0.303. The molecule has 1 aromatic carbocycles. The van der Waals surface area contributed by atoms with E-state index in [1.54, 1.807) is 0 Å². The first-order chi connectivity index (χ1) is 11.5. The van der Waals surface area contributed by atoms with Crippen molar-refractivity contribution in [1.29, 1.82) is 0 Å². The van der Waals surface area contributed by atoms with Gasteiger partial charge in [-0.15, -0.1) is 0 Å². The van der Waals surface area contributed by atoms with Crippen LogP contribution < -0.4 is 10.9 Å². The Hall–Kier alpha value is -2.96. The largest absolute Gasteiger partial charge is 0.348 e. The summed E-state index contributed by atoms with van der Waals surface area (Å²) in [4.78, 5) is 34.2. The molecule has 1 N–H and O–H groups in total. The van der Waals surface area contributed by atoms with Crippen molar-refractivity contribution in [1.82, 2.24) is 9.88 Å². The standard InChI is InChI=1S/C17H19N3O4/c1-2-6-15(13-7-4-3-5-8-13)18-16(21)12-19-11-14(20(23)24)9-10-17(19)22/h3-5,7-11,15H,2,6,12H2,1H3,(H,18,21)/t15-/m0/s1. The van der Waals surface area contributed by atoms with Gasteiger partial charge in [-0.1, -0.05) is 43.7 Å². The van der Waals surface area contributed by atoms with E-state index in [0.717, 1.165) is 41.3 Å². The van der Waals surface area contributed by atoms with E-state index in [-0.39, 0.29) is 24.2 Å². The van der Waals surface area contributed by atoms with Crippen molar-refractivity contribution in [2.24, 2.45) is 0 Å². The molecule has 0 aliphatic rings. The summed E-state index contributed by atoms with van der Waals surface area (Å²) in [6, 6.07) is 11.6. The highest BCUT2D eigenvalue weighted by Crippen LogP contribution is 2.18. The molecular formula is C17H19N3O4. The minimum atomic E-state index is -0.600. The number of nitrogens with zero attached hydrogens (tertiary/aromatic N) is 2. The van der Waals surface area contributed by atoms with Gasteiger partial charge in [0.1, 0.15) is 6.54 Å². The molecule has 126 valence electrons. The van der Waals surface area contributed by atoms with Crippen molar-refractivity contribution in [2.45, 2.75) is 32.4 Å². The van der Waals surface area contributed by atoms with Gasteiger partial charge in [0.05, 0.1) is 17.2 Å². The zero-order chi connectivity index (χ0) is 17.5. The molecule has 0 unspecified atom stereocenters. The van der Waals surface area contributed by atoms with Gasteiger partial charge in [0.2, 0.25) is 5.91 Å². The van der Waals surface area contributed by atoms with Crippen molar-refractivity contribution in [3.63, 3.8) is 0 Å². The second kappa shape index (κ2) is 8.05. The fourth-order valence-electron chi connectivity index (χ4n) is 2.44. The van der Waals surface area contributed by atoms with Gasteiger partial charge in [0.15, 0.2) is 0 Å². The molecule has 2 rings (SSSR count). The number of hydrogen-bond acceptors (Lipinski definition) is 4. The van der Waals surface area contributed by atoms with Crippen LogP contribution in [0, 0.1) is 10.1 Å². The Kier molecular flexibility index (Phi) is 5.83. The molecule has 0 spiro atoms. The number of benzene rings is 1. The Morgan fingerprint density at radius 2 is 1.96 bits per heavy atom. The molecule has 7 nitrogen and oxygen atoms in total. The minimum Gasteiger partial charge on any atom is -0.348 e. The molecule has 1 amide bonds. The first kappa shape index (κ1) is 17.4. The number of pyridine rings is 1. The monoisotopic (exact) mass is 329 g/mol. The van der Waals surface area contributed by atoms with Crippen molar-refractivity contribution in [3.05, 3.63) is 74.7 Å². The van der Waals surface area contributed by atoms with Crippen LogP contribution in [-0.4, -0.2) is 15.4 Å². The summed E-state index contributed by atoms with van der Waals surface area (Å²) in [5.74, 6) is -0.361. The van der Waals surface area contributed by atoms with E-state index in [1.165, 1.54) is 0 Å². The fourth-order valence-corrected chi connectivity index (χ4v) is 2.44. The number of nitrogens with one attached hydrogen (secondary N) is 1. The minimum absolute atomic E-state index is 0.155. The third-order valence-electron chi connectivity index (χ3n) is 3.61. The number of amides is 1. The maximum atomic E-state index is 12.3. The molecule has 2 aromatic rings. The molecule has 0 saturated carbocycles. The van der Waals surface area contributed by atoms with Crippen molar-refractivity contribution < 1.29 is 9.72 Å². The lowest BCUT2D eigenvalue weighted by atomic mass is 10.0. The maximum absolute atomic E-state index is 12.3. The first-order valence-corrected chi connectivity index (χ1v) is 7.70. The van der Waals surface area contributed by atoms with Gasteiger partial charge in [-0.3, -0.25) is 24.3 Å². The molecule has 1 atom stereocenters. The van der Waals surface area contributed by atoms with Crippen molar-refractivity contribution >= 4 is 11.6 Å². The molecule has 0 radical (unpaired) electrons. The average molecular weight is 329 g/mol. The number of aromatic nitrogens is 1. The highest BCUT2D eigenvalue weighted by molar-refractivity contribution is 5.76. The number of hydrogen-bond donors (Lipinski definition) is 1. The number of carbonyl (C=O) groups is 1. The van der Waals surface area contributed by atoms with E-state index in [0.29, 0.717) is 0 Å². The normalized spacial score (nSPS) is 11.7. The molecule has 7 heteroatoms. The Morgan fingerprint density at radius 3 is 2.58 bits per heavy atom. The molecule has 1 heterocycles. The van der Waals surface area contributed by atoms with Gasteiger partial charge in [0, 0.05) is 12.1 Å². The van der Waals surface area contributed by atoms with E-state index in [2.05, 4.69) is 5.32 Å². The van der Waals surface area contributed by atoms with Crippen LogP contribution in [0.4, 0.5) is 5.69 Å². The van der Waals surface area contributed by atoms with E-state index >= 15 is 0 Å². The van der Waals surface area contributed by atoms with Crippen LogP contribution in [0.25, 0.3) is 0 Å². The summed E-state index contributed by atoms with van der Waals surface area (Å²) >= 11 is 0. The van der Waals surface area contributed by atoms with Gasteiger partial charge >= 0.3 is 0 Å². The summed E-state index contributed by atoms with van der Waals surface area (Å²) in [5, 5.41) is 13.7. The smallest absolute Gasteiger partial charge is 0.285 e. The molecular weight excluding hydrogens is 310 g/mol. The van der Waals surface area contributed by atoms with Gasteiger partial charge in [0.25, 0.3) is 11.2 Å². The van der Waals surface area contributed by atoms with Crippen LogP contribution in [-0.2, 0) is 11.3 Å². The quantitative estimate of drug-likeness (QED) is 0.623. The van der Waals surface area contributed by atoms with Gasteiger partial charge in [-0.2, -0.15) is 0 Å². The lowest BCUT2D eigenvalue weighted by molar-refractivity contribution is -0.385. The number of rotatable bonds is 7. The topological polar surface area (TPSA) is 94.2 Å². The SMILES string of the molecule is CCC[C@H](NC(=O)Cn1cc([N+](=O)[O-])ccc1=O)c1ccccc1. The average Bonchev–Trinajstić information content (AvgIpc) is 2.57. The predicted octanol–water partition coefficient (Wildman–Crippen LogP) is 2.41. The van der Waals surface area contributed by atoms with Crippen molar-refractivity contribution in [3.8, 4) is 0 Å². The van der Waals surface area contributed by atoms with E-state index < -0.39 is 10.5 Å². The highest BCUT2D eigenvalue weighted by atomic mass is 16.6. The zero-order valence-electron chi connectivity index (χ0n) is 13.3. The number of nitro groups is 1. The first-order valence-electron chi connectivity index (χ1n) is 7.70. The Labute approximate surface area is 139 Å². The maximum Gasteiger partial charge on any atom is 0.285 e. The summed E-state index contributed by atoms with van der Waals surface area (Å²) in [7, 11) is 0. The third-order valence-corrected chi connectivity index (χ3v) is 3.61. The number of carbonyl (C=O) groups excluding carboxylic acids is 1. The van der Waals surface area contributed by atoms with E-state index in [9.17, 15) is 19.7 Å². The summed E-state index contributed by atoms with van der Waals surface area (Å²) in [6.45, 7) is 1.76. The molecule has 0 bridgehead atoms. The van der Waals surface area contributed by atoms with Crippen LogP contribution >= 0.6 is 0 Å². The molecule has 0 saturated heterocycles. The Morgan fingerprint density at radius 1 is 1.25 bits per heavy atom. The molecule has 0 fully saturated rings. The van der Waals surface area contributed by atoms with Gasteiger partial charge in [-0.05, 0) is 12.0 Å². The lowest BCUT2D eigenvalue weighted by Crippen LogP contribution is -2.34. The van der Waals surface area contributed by atoms with Crippen LogP contribution in [0.2, 0.25) is 0 Å². The lowest BCUT2D eigenvalue weighted by Gasteiger charge is -2.19. The summed E-state index contributed by atoms with van der Waals surface area (Å²) in [6.07, 6.45) is 2.73. The highest BCUT2D eigenvalue weighted by Gasteiger charge is 2.15. The Bertz CT molecular complexity index is 771. The van der Waals surface area contributed by atoms with Crippen LogP contribution in [0.1, 0.15) is 31.4 Å². The molecule has 0 aliphatic carbocycles. The van der Waals surface area contributed by atoms with Gasteiger partial charge < -0.3 is 5.32 Å². The van der Waals surface area contributed by atoms with Crippen LogP contribution in [0.15, 0.2) is 53.5 Å². The van der Waals surface area contributed by atoms with E-state index in [4.69, 9.17) is 0 Å². The third kappa shape index (κ3) is 4.52. The summed E-state index contributed by atoms with van der Waals surface area (Å²) < 4.78 is 1.04. The molecule has 1 aromatic heterocycles.